The minimum atomic E-state index is 0.654. The third kappa shape index (κ3) is 4.30. The summed E-state index contributed by atoms with van der Waals surface area (Å²) in [4.78, 5) is 4.88. The zero-order valence-electron chi connectivity index (χ0n) is 13.2. The van der Waals surface area contributed by atoms with Crippen LogP contribution in [-0.2, 0) is 13.1 Å². The van der Waals surface area contributed by atoms with E-state index in [4.69, 9.17) is 0 Å². The Labute approximate surface area is 124 Å². The summed E-state index contributed by atoms with van der Waals surface area (Å²) in [5, 5.41) is 3.72. The van der Waals surface area contributed by atoms with Crippen LogP contribution in [0.5, 0.6) is 0 Å². The second-order valence-electron chi connectivity index (χ2n) is 5.86. The Morgan fingerprint density at radius 1 is 1.20 bits per heavy atom. The first-order valence-corrected chi connectivity index (χ1v) is 7.94. The van der Waals surface area contributed by atoms with E-state index >= 15 is 0 Å². The van der Waals surface area contributed by atoms with Crippen LogP contribution in [0.15, 0.2) is 24.3 Å². The largest absolute Gasteiger partial charge is 0.309 e. The molecule has 1 saturated heterocycles. The fourth-order valence-corrected chi connectivity index (χ4v) is 2.93. The molecule has 3 nitrogen and oxygen atoms in total. The van der Waals surface area contributed by atoms with E-state index in [1.54, 1.807) is 0 Å². The highest BCUT2D eigenvalue weighted by Gasteiger charge is 2.18. The molecule has 0 bridgehead atoms. The molecule has 1 N–H and O–H groups in total. The van der Waals surface area contributed by atoms with Gasteiger partial charge in [-0.2, -0.15) is 0 Å². The molecule has 0 saturated carbocycles. The minimum Gasteiger partial charge on any atom is -0.309 e. The molecular formula is C17H29N3. The fraction of sp³-hybridized carbons (Fsp3) is 0.647. The molecule has 1 aromatic carbocycles. The van der Waals surface area contributed by atoms with Gasteiger partial charge in [0.1, 0.15) is 0 Å². The van der Waals surface area contributed by atoms with E-state index in [0.717, 1.165) is 26.2 Å². The van der Waals surface area contributed by atoms with E-state index in [1.165, 1.54) is 30.6 Å². The lowest BCUT2D eigenvalue weighted by Gasteiger charge is -2.21. The van der Waals surface area contributed by atoms with Gasteiger partial charge in [-0.1, -0.05) is 38.1 Å². The van der Waals surface area contributed by atoms with Crippen LogP contribution in [0.25, 0.3) is 0 Å². The number of rotatable bonds is 7. The number of benzene rings is 1. The Bertz CT molecular complexity index is 401. The van der Waals surface area contributed by atoms with Crippen LogP contribution in [-0.4, -0.2) is 49.1 Å². The maximum atomic E-state index is 3.72. The van der Waals surface area contributed by atoms with Crippen molar-refractivity contribution in [2.24, 2.45) is 0 Å². The lowest BCUT2D eigenvalue weighted by Crippen LogP contribution is -2.31. The summed E-state index contributed by atoms with van der Waals surface area (Å²) in [6.07, 6.45) is 1.27. The van der Waals surface area contributed by atoms with Crippen molar-refractivity contribution < 1.29 is 0 Å². The summed E-state index contributed by atoms with van der Waals surface area (Å²) < 4.78 is 0. The van der Waals surface area contributed by atoms with Crippen molar-refractivity contribution in [2.75, 3.05) is 33.2 Å². The van der Waals surface area contributed by atoms with Gasteiger partial charge < -0.3 is 10.2 Å². The van der Waals surface area contributed by atoms with Gasteiger partial charge in [0, 0.05) is 25.7 Å². The molecule has 20 heavy (non-hydrogen) atoms. The molecule has 0 spiro atoms. The van der Waals surface area contributed by atoms with Crippen molar-refractivity contribution in [1.29, 1.82) is 0 Å². The van der Waals surface area contributed by atoms with Gasteiger partial charge in [-0.25, -0.2) is 0 Å². The van der Waals surface area contributed by atoms with Crippen LogP contribution in [0.1, 0.15) is 31.4 Å². The molecule has 2 rings (SSSR count). The Balaban J connectivity index is 1.93. The molecule has 1 aromatic rings. The van der Waals surface area contributed by atoms with Gasteiger partial charge in [0.2, 0.25) is 0 Å². The molecule has 0 radical (unpaired) electrons. The molecular weight excluding hydrogens is 246 g/mol. The Hall–Kier alpha value is -0.900. The summed E-state index contributed by atoms with van der Waals surface area (Å²) >= 11 is 0. The fourth-order valence-electron chi connectivity index (χ4n) is 2.93. The van der Waals surface area contributed by atoms with Crippen LogP contribution in [0.2, 0.25) is 0 Å². The number of nitrogens with zero attached hydrogens (tertiary/aromatic N) is 2. The van der Waals surface area contributed by atoms with Crippen LogP contribution in [0.4, 0.5) is 0 Å². The predicted molar refractivity (Wildman–Crippen MR) is 85.8 cm³/mol. The second kappa shape index (κ2) is 7.77. The summed E-state index contributed by atoms with van der Waals surface area (Å²) in [5.41, 5.74) is 2.92. The molecule has 1 heterocycles. The standard InChI is InChI=1S/C17H29N3/c1-4-20(5-2)13-16-9-7-6-8-15(16)12-18-17-10-11-19(3)14-17/h6-9,17-18H,4-5,10-14H2,1-3H3. The van der Waals surface area contributed by atoms with Gasteiger partial charge in [-0.05, 0) is 44.2 Å². The van der Waals surface area contributed by atoms with E-state index in [9.17, 15) is 0 Å². The number of likely N-dealkylation sites (N-methyl/N-ethyl adjacent to an activating group) is 1. The summed E-state index contributed by atoms with van der Waals surface area (Å²) in [6.45, 7) is 11.2. The van der Waals surface area contributed by atoms with Crippen LogP contribution in [0.3, 0.4) is 0 Å². The molecule has 3 heteroatoms. The zero-order chi connectivity index (χ0) is 14.4. The molecule has 1 fully saturated rings. The number of likely N-dealkylation sites (tertiary alicyclic amines) is 1. The quantitative estimate of drug-likeness (QED) is 0.824. The minimum absolute atomic E-state index is 0.654. The van der Waals surface area contributed by atoms with Crippen LogP contribution < -0.4 is 5.32 Å². The third-order valence-corrected chi connectivity index (χ3v) is 4.38. The van der Waals surface area contributed by atoms with Crippen molar-refractivity contribution in [2.45, 2.75) is 39.4 Å². The molecule has 0 aliphatic carbocycles. The molecule has 0 amide bonds. The monoisotopic (exact) mass is 275 g/mol. The van der Waals surface area contributed by atoms with E-state index in [0.29, 0.717) is 6.04 Å². The topological polar surface area (TPSA) is 18.5 Å². The predicted octanol–water partition coefficient (Wildman–Crippen LogP) is 2.32. The van der Waals surface area contributed by atoms with Gasteiger partial charge in [0.15, 0.2) is 0 Å². The molecule has 112 valence electrons. The molecule has 0 aromatic heterocycles. The van der Waals surface area contributed by atoms with Crippen molar-refractivity contribution in [1.82, 2.24) is 15.1 Å². The maximum Gasteiger partial charge on any atom is 0.0236 e. The molecule has 1 aliphatic rings. The normalized spacial score (nSPS) is 19.9. The van der Waals surface area contributed by atoms with Gasteiger partial charge in [-0.15, -0.1) is 0 Å². The molecule has 1 aliphatic heterocycles. The average molecular weight is 275 g/mol. The van der Waals surface area contributed by atoms with E-state index < -0.39 is 0 Å². The average Bonchev–Trinajstić information content (AvgIpc) is 2.89. The Morgan fingerprint density at radius 3 is 2.50 bits per heavy atom. The van der Waals surface area contributed by atoms with Gasteiger partial charge in [0.25, 0.3) is 0 Å². The number of nitrogens with one attached hydrogen (secondary N) is 1. The van der Waals surface area contributed by atoms with Crippen molar-refractivity contribution >= 4 is 0 Å². The lowest BCUT2D eigenvalue weighted by molar-refractivity contribution is 0.294. The first-order valence-electron chi connectivity index (χ1n) is 7.94. The molecule has 1 atom stereocenters. The highest BCUT2D eigenvalue weighted by atomic mass is 15.2. The maximum absolute atomic E-state index is 3.72. The third-order valence-electron chi connectivity index (χ3n) is 4.38. The van der Waals surface area contributed by atoms with Crippen molar-refractivity contribution in [3.8, 4) is 0 Å². The van der Waals surface area contributed by atoms with Crippen molar-refractivity contribution in [3.05, 3.63) is 35.4 Å². The zero-order valence-corrected chi connectivity index (χ0v) is 13.2. The van der Waals surface area contributed by atoms with Crippen molar-refractivity contribution in [3.63, 3.8) is 0 Å². The lowest BCUT2D eigenvalue weighted by atomic mass is 10.1. The van der Waals surface area contributed by atoms with E-state index in [2.05, 4.69) is 60.3 Å². The molecule has 1 unspecified atom stereocenters. The van der Waals surface area contributed by atoms with E-state index in [-0.39, 0.29) is 0 Å². The van der Waals surface area contributed by atoms with Crippen LogP contribution >= 0.6 is 0 Å². The first kappa shape index (κ1) is 15.5. The van der Waals surface area contributed by atoms with Gasteiger partial charge in [-0.3, -0.25) is 4.90 Å². The number of hydrogen-bond donors (Lipinski definition) is 1. The summed E-state index contributed by atoms with van der Waals surface area (Å²) in [7, 11) is 2.20. The number of hydrogen-bond acceptors (Lipinski definition) is 3. The summed E-state index contributed by atoms with van der Waals surface area (Å²) in [6, 6.07) is 9.51. The first-order chi connectivity index (χ1) is 9.72. The van der Waals surface area contributed by atoms with E-state index in [1.807, 2.05) is 0 Å². The second-order valence-corrected chi connectivity index (χ2v) is 5.86. The van der Waals surface area contributed by atoms with Gasteiger partial charge in [0.05, 0.1) is 0 Å². The smallest absolute Gasteiger partial charge is 0.0236 e. The summed E-state index contributed by atoms with van der Waals surface area (Å²) in [5.74, 6) is 0. The SMILES string of the molecule is CCN(CC)Cc1ccccc1CNC1CCN(C)C1. The highest BCUT2D eigenvalue weighted by molar-refractivity contribution is 5.27. The highest BCUT2D eigenvalue weighted by Crippen LogP contribution is 2.13. The van der Waals surface area contributed by atoms with Crippen LogP contribution in [0, 0.1) is 0 Å². The Morgan fingerprint density at radius 2 is 1.90 bits per heavy atom. The van der Waals surface area contributed by atoms with Gasteiger partial charge >= 0.3 is 0 Å². The Kier molecular flexibility index (Phi) is 6.02.